The molecule has 3 rings (SSSR count). The molecule has 0 aliphatic heterocycles. The van der Waals surface area contributed by atoms with E-state index in [1.165, 1.54) is 6.33 Å². The normalized spacial score (nSPS) is 14.1. The summed E-state index contributed by atoms with van der Waals surface area (Å²) in [6.07, 6.45) is 2.17. The Labute approximate surface area is 127 Å². The molecule has 114 valence electrons. The predicted molar refractivity (Wildman–Crippen MR) is 83.8 cm³/mol. The molecule has 0 spiro atoms. The highest BCUT2D eigenvalue weighted by Gasteiger charge is 2.25. The standard InChI is InChI=1S/C16H17N3O3/c1-3-9(2)12(16(20)21)19-15-14-13(17-8-18-15)10-6-4-5-7-11(10)22-14/h4-9,12H,3H2,1-2H3,(H,20,21)(H,17,18,19)/t9-,12-/m0/s1. The van der Waals surface area contributed by atoms with E-state index in [1.807, 2.05) is 38.1 Å². The minimum absolute atomic E-state index is 0.0353. The Bertz CT molecular complexity index is 828. The summed E-state index contributed by atoms with van der Waals surface area (Å²) in [5.74, 6) is -0.530. The van der Waals surface area contributed by atoms with Crippen LogP contribution in [0.1, 0.15) is 20.3 Å². The summed E-state index contributed by atoms with van der Waals surface area (Å²) in [4.78, 5) is 19.9. The molecule has 0 saturated carbocycles. The average Bonchev–Trinajstić information content (AvgIpc) is 2.91. The van der Waals surface area contributed by atoms with Gasteiger partial charge in [-0.15, -0.1) is 0 Å². The lowest BCUT2D eigenvalue weighted by Crippen LogP contribution is -2.35. The summed E-state index contributed by atoms with van der Waals surface area (Å²) < 4.78 is 5.80. The molecule has 0 bridgehead atoms. The number of furan rings is 1. The Morgan fingerprint density at radius 3 is 2.86 bits per heavy atom. The highest BCUT2D eigenvalue weighted by molar-refractivity contribution is 6.05. The van der Waals surface area contributed by atoms with Gasteiger partial charge in [-0.25, -0.2) is 14.8 Å². The van der Waals surface area contributed by atoms with Crippen LogP contribution in [0.5, 0.6) is 0 Å². The van der Waals surface area contributed by atoms with Crippen LogP contribution >= 0.6 is 0 Å². The van der Waals surface area contributed by atoms with E-state index >= 15 is 0 Å². The number of aliphatic carboxylic acids is 1. The maximum absolute atomic E-state index is 11.5. The number of nitrogens with one attached hydrogen (secondary N) is 1. The molecule has 0 saturated heterocycles. The second kappa shape index (κ2) is 5.63. The van der Waals surface area contributed by atoms with E-state index in [0.29, 0.717) is 22.5 Å². The van der Waals surface area contributed by atoms with Gasteiger partial charge in [-0.3, -0.25) is 0 Å². The van der Waals surface area contributed by atoms with Crippen LogP contribution in [0.15, 0.2) is 35.0 Å². The first-order chi connectivity index (χ1) is 10.6. The second-order valence-electron chi connectivity index (χ2n) is 5.34. The number of carboxylic acids is 1. The van der Waals surface area contributed by atoms with Gasteiger partial charge in [0.05, 0.1) is 0 Å². The van der Waals surface area contributed by atoms with Crippen LogP contribution in [0.3, 0.4) is 0 Å². The summed E-state index contributed by atoms with van der Waals surface area (Å²) in [5.41, 5.74) is 1.87. The van der Waals surface area contributed by atoms with Gasteiger partial charge in [0.1, 0.15) is 23.5 Å². The fourth-order valence-corrected chi connectivity index (χ4v) is 2.46. The first-order valence-electron chi connectivity index (χ1n) is 7.23. The number of fused-ring (bicyclic) bond motifs is 3. The molecule has 3 aromatic rings. The summed E-state index contributed by atoms with van der Waals surface area (Å²) in [6, 6.07) is 6.83. The number of nitrogens with zero attached hydrogens (tertiary/aromatic N) is 2. The Morgan fingerprint density at radius 2 is 2.14 bits per heavy atom. The zero-order valence-corrected chi connectivity index (χ0v) is 12.4. The fraction of sp³-hybridized carbons (Fsp3) is 0.312. The van der Waals surface area contributed by atoms with Crippen molar-refractivity contribution in [2.75, 3.05) is 5.32 Å². The van der Waals surface area contributed by atoms with E-state index in [0.717, 1.165) is 11.8 Å². The summed E-state index contributed by atoms with van der Waals surface area (Å²) in [6.45, 7) is 3.85. The number of aromatic nitrogens is 2. The number of carboxylic acid groups (broad SMARTS) is 1. The molecule has 0 fully saturated rings. The smallest absolute Gasteiger partial charge is 0.326 e. The van der Waals surface area contributed by atoms with Crippen LogP contribution in [0, 0.1) is 5.92 Å². The zero-order chi connectivity index (χ0) is 15.7. The minimum Gasteiger partial charge on any atom is -0.480 e. The summed E-state index contributed by atoms with van der Waals surface area (Å²) in [7, 11) is 0. The van der Waals surface area contributed by atoms with Crippen molar-refractivity contribution in [2.24, 2.45) is 5.92 Å². The van der Waals surface area contributed by atoms with Crippen molar-refractivity contribution < 1.29 is 14.3 Å². The molecule has 2 atom stereocenters. The van der Waals surface area contributed by atoms with Gasteiger partial charge in [-0.1, -0.05) is 32.4 Å². The molecule has 0 amide bonds. The van der Waals surface area contributed by atoms with Crippen molar-refractivity contribution in [3.63, 3.8) is 0 Å². The molecule has 0 aliphatic rings. The van der Waals surface area contributed by atoms with Crippen molar-refractivity contribution in [1.29, 1.82) is 0 Å². The molecule has 2 N–H and O–H groups in total. The van der Waals surface area contributed by atoms with Crippen LogP contribution in [-0.2, 0) is 4.79 Å². The van der Waals surface area contributed by atoms with Gasteiger partial charge < -0.3 is 14.8 Å². The van der Waals surface area contributed by atoms with Gasteiger partial charge >= 0.3 is 5.97 Å². The molecule has 0 aliphatic carbocycles. The van der Waals surface area contributed by atoms with E-state index in [9.17, 15) is 9.90 Å². The lowest BCUT2D eigenvalue weighted by molar-refractivity contribution is -0.139. The summed E-state index contributed by atoms with van der Waals surface area (Å²) in [5, 5.41) is 13.3. The molecule has 2 heterocycles. The van der Waals surface area contributed by atoms with Crippen molar-refractivity contribution in [2.45, 2.75) is 26.3 Å². The van der Waals surface area contributed by atoms with Gasteiger partial charge in [-0.2, -0.15) is 0 Å². The van der Waals surface area contributed by atoms with Crippen molar-refractivity contribution in [3.8, 4) is 0 Å². The number of anilines is 1. The Kier molecular flexibility index (Phi) is 3.66. The van der Waals surface area contributed by atoms with E-state index in [-0.39, 0.29) is 5.92 Å². The first-order valence-corrected chi connectivity index (χ1v) is 7.23. The third-order valence-electron chi connectivity index (χ3n) is 3.93. The van der Waals surface area contributed by atoms with Gasteiger partial charge in [0.25, 0.3) is 0 Å². The van der Waals surface area contributed by atoms with Gasteiger partial charge in [-0.05, 0) is 18.1 Å². The molecule has 6 heteroatoms. The molecule has 22 heavy (non-hydrogen) atoms. The zero-order valence-electron chi connectivity index (χ0n) is 12.4. The van der Waals surface area contributed by atoms with Crippen LogP contribution < -0.4 is 5.32 Å². The van der Waals surface area contributed by atoms with Gasteiger partial charge in [0.2, 0.25) is 0 Å². The second-order valence-corrected chi connectivity index (χ2v) is 5.34. The number of para-hydroxylation sites is 1. The topological polar surface area (TPSA) is 88.3 Å². The number of hydrogen-bond acceptors (Lipinski definition) is 5. The van der Waals surface area contributed by atoms with Crippen molar-refractivity contribution >= 4 is 33.9 Å². The number of carbonyl (C=O) groups is 1. The highest BCUT2D eigenvalue weighted by atomic mass is 16.4. The minimum atomic E-state index is -0.905. The van der Waals surface area contributed by atoms with Crippen LogP contribution in [0.25, 0.3) is 22.1 Å². The van der Waals surface area contributed by atoms with Crippen LogP contribution in [-0.4, -0.2) is 27.1 Å². The number of benzene rings is 1. The van der Waals surface area contributed by atoms with E-state index < -0.39 is 12.0 Å². The van der Waals surface area contributed by atoms with Gasteiger partial charge in [0.15, 0.2) is 11.4 Å². The van der Waals surface area contributed by atoms with Crippen LogP contribution in [0.2, 0.25) is 0 Å². The maximum Gasteiger partial charge on any atom is 0.326 e. The largest absolute Gasteiger partial charge is 0.480 e. The van der Waals surface area contributed by atoms with Crippen molar-refractivity contribution in [3.05, 3.63) is 30.6 Å². The van der Waals surface area contributed by atoms with E-state index in [4.69, 9.17) is 4.42 Å². The van der Waals surface area contributed by atoms with E-state index in [2.05, 4.69) is 15.3 Å². The van der Waals surface area contributed by atoms with Gasteiger partial charge in [0, 0.05) is 5.39 Å². The third kappa shape index (κ3) is 2.36. The molecule has 1 aromatic carbocycles. The highest BCUT2D eigenvalue weighted by Crippen LogP contribution is 2.31. The molecule has 6 nitrogen and oxygen atoms in total. The molecular formula is C16H17N3O3. The van der Waals surface area contributed by atoms with Crippen LogP contribution in [0.4, 0.5) is 5.82 Å². The van der Waals surface area contributed by atoms with E-state index in [1.54, 1.807) is 0 Å². The lowest BCUT2D eigenvalue weighted by atomic mass is 9.99. The first kappa shape index (κ1) is 14.3. The Morgan fingerprint density at radius 1 is 1.36 bits per heavy atom. The molecule has 0 unspecified atom stereocenters. The Balaban J connectivity index is 2.09. The number of rotatable bonds is 5. The third-order valence-corrected chi connectivity index (χ3v) is 3.93. The predicted octanol–water partition coefficient (Wildman–Crippen LogP) is 3.29. The SMILES string of the molecule is CC[C@H](C)[C@H](Nc1ncnc2c1oc1ccccc12)C(=O)O. The Hall–Kier alpha value is -2.63. The molecule has 2 aromatic heterocycles. The van der Waals surface area contributed by atoms with Crippen molar-refractivity contribution in [1.82, 2.24) is 9.97 Å². The quantitative estimate of drug-likeness (QED) is 0.751. The molecule has 0 radical (unpaired) electrons. The summed E-state index contributed by atoms with van der Waals surface area (Å²) >= 11 is 0. The lowest BCUT2D eigenvalue weighted by Gasteiger charge is -2.20. The number of hydrogen-bond donors (Lipinski definition) is 2. The monoisotopic (exact) mass is 299 g/mol. The maximum atomic E-state index is 11.5. The molecular weight excluding hydrogens is 282 g/mol. The fourth-order valence-electron chi connectivity index (χ4n) is 2.46. The average molecular weight is 299 g/mol.